The topological polar surface area (TPSA) is 124 Å². The first-order valence-electron chi connectivity index (χ1n) is 13.4. The zero-order valence-corrected chi connectivity index (χ0v) is 24.4. The number of aliphatic hydroxyl groups is 1. The van der Waals surface area contributed by atoms with Gasteiger partial charge in [0.05, 0.1) is 17.6 Å². The largest absolute Gasteiger partial charge is 0.455 e. The van der Waals surface area contributed by atoms with Crippen molar-refractivity contribution < 1.29 is 43.2 Å². The molecule has 3 fully saturated rings. The SMILES string of the molecule is C=C(C(CC1OC1(C)C)OC(=O)/C(C)=C\C)[C@H]1[C@H](OC(=O)/C(C)=C\C)[C@H]2O[C@@]2(C)[C@@H](O)[C@H]1OC(=O)/C(C)=C\C. The van der Waals surface area contributed by atoms with Crippen molar-refractivity contribution in [3.05, 3.63) is 47.1 Å². The summed E-state index contributed by atoms with van der Waals surface area (Å²) in [5.41, 5.74) is -0.0461. The second-order valence-electron chi connectivity index (χ2n) is 11.3. The third-order valence-electron chi connectivity index (χ3n) is 8.23. The van der Waals surface area contributed by atoms with E-state index in [1.54, 1.807) is 66.7 Å². The van der Waals surface area contributed by atoms with E-state index in [0.29, 0.717) is 22.3 Å². The van der Waals surface area contributed by atoms with E-state index in [4.69, 9.17) is 23.7 Å². The molecule has 0 amide bonds. The van der Waals surface area contributed by atoms with Gasteiger partial charge in [-0.25, -0.2) is 14.4 Å². The number of fused-ring (bicyclic) bond motifs is 1. The van der Waals surface area contributed by atoms with Crippen LogP contribution in [0.15, 0.2) is 47.1 Å². The van der Waals surface area contributed by atoms with Crippen LogP contribution in [0.1, 0.15) is 68.7 Å². The molecule has 1 saturated carbocycles. The fraction of sp³-hybridized carbons (Fsp3) is 0.633. The molecule has 9 nitrogen and oxygen atoms in total. The van der Waals surface area contributed by atoms with E-state index in [1.807, 2.05) is 13.8 Å². The van der Waals surface area contributed by atoms with Crippen molar-refractivity contribution in [2.45, 2.75) is 117 Å². The number of rotatable bonds is 10. The van der Waals surface area contributed by atoms with Crippen molar-refractivity contribution in [3.63, 3.8) is 0 Å². The summed E-state index contributed by atoms with van der Waals surface area (Å²) < 4.78 is 29.4. The van der Waals surface area contributed by atoms with E-state index in [0.717, 1.165) is 0 Å². The first kappa shape index (κ1) is 30.8. The number of epoxide rings is 2. The third kappa shape index (κ3) is 6.21. The van der Waals surface area contributed by atoms with Crippen molar-refractivity contribution >= 4 is 17.9 Å². The molecule has 8 atom stereocenters. The van der Waals surface area contributed by atoms with Crippen LogP contribution in [0.4, 0.5) is 0 Å². The maximum Gasteiger partial charge on any atom is 0.333 e. The van der Waals surface area contributed by atoms with Gasteiger partial charge in [-0.15, -0.1) is 0 Å². The Balaban J connectivity index is 2.06. The van der Waals surface area contributed by atoms with Crippen molar-refractivity contribution in [2.75, 3.05) is 0 Å². The predicted molar refractivity (Wildman–Crippen MR) is 143 cm³/mol. The van der Waals surface area contributed by atoms with Crippen LogP contribution >= 0.6 is 0 Å². The van der Waals surface area contributed by atoms with E-state index < -0.39 is 65.5 Å². The second-order valence-corrected chi connectivity index (χ2v) is 11.3. The van der Waals surface area contributed by atoms with Crippen LogP contribution in [-0.4, -0.2) is 70.8 Å². The molecule has 0 aromatic heterocycles. The Hall–Kier alpha value is -2.75. The fourth-order valence-corrected chi connectivity index (χ4v) is 4.82. The Bertz CT molecular complexity index is 1110. The van der Waals surface area contributed by atoms with Crippen molar-refractivity contribution in [2.24, 2.45) is 5.92 Å². The number of allylic oxidation sites excluding steroid dienone is 3. The molecule has 1 N–H and O–H groups in total. The maximum absolute atomic E-state index is 12.9. The monoisotopic (exact) mass is 546 g/mol. The quantitative estimate of drug-likeness (QED) is 0.143. The standard InChI is InChI=1S/C30H42O9/c1-11-15(4)26(32)35-19(14-20-29(8,9)38-20)18(7)21-22(36-27(33)16(5)12-2)24(31)30(10)25(39-30)23(21)37-28(34)17(6)13-3/h11-13,19-25,31H,7,14H2,1-6,8-10H3/b15-11-,16-12-,17-13-/t19?,20?,21-,22+,23+,24+,25-,30+/m1/s1. The summed E-state index contributed by atoms with van der Waals surface area (Å²) >= 11 is 0. The fourth-order valence-electron chi connectivity index (χ4n) is 4.82. The van der Waals surface area contributed by atoms with Gasteiger partial charge in [0.15, 0.2) is 0 Å². The Morgan fingerprint density at radius 3 is 1.79 bits per heavy atom. The molecule has 0 spiro atoms. The molecule has 39 heavy (non-hydrogen) atoms. The Labute approximate surface area is 230 Å². The molecule has 9 heteroatoms. The molecule has 2 heterocycles. The lowest BCUT2D eigenvalue weighted by molar-refractivity contribution is -0.173. The van der Waals surface area contributed by atoms with Crippen LogP contribution in [0.2, 0.25) is 0 Å². The number of aliphatic hydroxyl groups excluding tert-OH is 1. The van der Waals surface area contributed by atoms with Crippen LogP contribution in [0, 0.1) is 5.92 Å². The first-order valence-corrected chi connectivity index (χ1v) is 13.4. The van der Waals surface area contributed by atoms with Crippen LogP contribution in [0.25, 0.3) is 0 Å². The van der Waals surface area contributed by atoms with Crippen LogP contribution in [-0.2, 0) is 38.1 Å². The summed E-state index contributed by atoms with van der Waals surface area (Å²) in [4.78, 5) is 38.7. The smallest absolute Gasteiger partial charge is 0.333 e. The molecule has 2 saturated heterocycles. The van der Waals surface area contributed by atoms with Gasteiger partial charge in [-0.2, -0.15) is 0 Å². The summed E-state index contributed by atoms with van der Waals surface area (Å²) in [6, 6.07) is 0. The molecule has 3 rings (SSSR count). The van der Waals surface area contributed by atoms with Crippen LogP contribution in [0.3, 0.4) is 0 Å². The summed E-state index contributed by atoms with van der Waals surface area (Å²) in [5, 5.41) is 11.4. The maximum atomic E-state index is 12.9. The van der Waals surface area contributed by atoms with Gasteiger partial charge < -0.3 is 28.8 Å². The molecule has 0 bridgehead atoms. The molecule has 3 aliphatic rings. The van der Waals surface area contributed by atoms with Gasteiger partial charge in [0.25, 0.3) is 0 Å². The van der Waals surface area contributed by atoms with Crippen molar-refractivity contribution in [3.8, 4) is 0 Å². The average molecular weight is 547 g/mol. The zero-order valence-electron chi connectivity index (χ0n) is 24.4. The average Bonchev–Trinajstić information content (AvgIpc) is 3.77. The highest BCUT2D eigenvalue weighted by Gasteiger charge is 2.72. The van der Waals surface area contributed by atoms with Gasteiger partial charge >= 0.3 is 17.9 Å². The third-order valence-corrected chi connectivity index (χ3v) is 8.23. The minimum absolute atomic E-state index is 0.216. The van der Waals surface area contributed by atoms with Gasteiger partial charge in [0.1, 0.15) is 36.1 Å². The molecular formula is C30H42O9. The van der Waals surface area contributed by atoms with Crippen molar-refractivity contribution in [1.82, 2.24) is 0 Å². The van der Waals surface area contributed by atoms with Crippen molar-refractivity contribution in [1.29, 1.82) is 0 Å². The highest BCUT2D eigenvalue weighted by atomic mass is 16.7. The van der Waals surface area contributed by atoms with Gasteiger partial charge in [-0.1, -0.05) is 24.8 Å². The van der Waals surface area contributed by atoms with E-state index in [-0.39, 0.29) is 12.5 Å². The van der Waals surface area contributed by atoms with E-state index in [1.165, 1.54) is 0 Å². The van der Waals surface area contributed by atoms with E-state index in [9.17, 15) is 19.5 Å². The number of hydrogen-bond donors (Lipinski definition) is 1. The first-order chi connectivity index (χ1) is 18.1. The number of ether oxygens (including phenoxy) is 5. The second kappa shape index (κ2) is 11.4. The van der Waals surface area contributed by atoms with Gasteiger partial charge in [-0.3, -0.25) is 0 Å². The molecule has 0 aromatic carbocycles. The van der Waals surface area contributed by atoms with Gasteiger partial charge in [0, 0.05) is 23.1 Å². The molecule has 1 aliphatic carbocycles. The minimum Gasteiger partial charge on any atom is -0.455 e. The highest BCUT2D eigenvalue weighted by molar-refractivity contribution is 5.89. The van der Waals surface area contributed by atoms with Gasteiger partial charge in [-0.05, 0) is 67.9 Å². The lowest BCUT2D eigenvalue weighted by atomic mass is 9.71. The molecule has 2 aliphatic heterocycles. The molecular weight excluding hydrogens is 504 g/mol. The highest BCUT2D eigenvalue weighted by Crippen LogP contribution is 2.54. The summed E-state index contributed by atoms with van der Waals surface area (Å²) in [6.07, 6.45) is -0.0297. The molecule has 0 radical (unpaired) electrons. The molecule has 216 valence electrons. The number of hydrogen-bond acceptors (Lipinski definition) is 9. The Kier molecular flexibility index (Phi) is 8.99. The predicted octanol–water partition coefficient (Wildman–Crippen LogP) is 3.89. The normalized spacial score (nSPS) is 34.4. The van der Waals surface area contributed by atoms with E-state index >= 15 is 0 Å². The molecule has 2 unspecified atom stereocenters. The molecule has 0 aromatic rings. The number of carbonyl (C=O) groups excluding carboxylic acids is 3. The lowest BCUT2D eigenvalue weighted by Gasteiger charge is -2.42. The lowest BCUT2D eigenvalue weighted by Crippen LogP contribution is -2.59. The van der Waals surface area contributed by atoms with Crippen LogP contribution < -0.4 is 0 Å². The number of carbonyl (C=O) groups is 3. The zero-order chi connectivity index (χ0) is 29.4. The Morgan fingerprint density at radius 2 is 1.33 bits per heavy atom. The van der Waals surface area contributed by atoms with Gasteiger partial charge in [0.2, 0.25) is 0 Å². The minimum atomic E-state index is -1.25. The summed E-state index contributed by atoms with van der Waals surface area (Å²) in [6.45, 7) is 19.8. The van der Waals surface area contributed by atoms with E-state index in [2.05, 4.69) is 6.58 Å². The Morgan fingerprint density at radius 1 is 0.872 bits per heavy atom. The summed E-state index contributed by atoms with van der Waals surface area (Å²) in [5.74, 6) is -2.69. The number of esters is 3. The summed E-state index contributed by atoms with van der Waals surface area (Å²) in [7, 11) is 0. The van der Waals surface area contributed by atoms with Crippen LogP contribution in [0.5, 0.6) is 0 Å².